The number of fused-ring (bicyclic) bond motifs is 1. The zero-order valence-electron chi connectivity index (χ0n) is 15.5. The van der Waals surface area contributed by atoms with E-state index in [4.69, 9.17) is 4.98 Å². The van der Waals surface area contributed by atoms with E-state index in [1.165, 1.54) is 4.70 Å². The van der Waals surface area contributed by atoms with Crippen molar-refractivity contribution in [3.63, 3.8) is 0 Å². The lowest BCUT2D eigenvalue weighted by Gasteiger charge is -2.38. The van der Waals surface area contributed by atoms with Crippen LogP contribution in [0.2, 0.25) is 0 Å². The third kappa shape index (κ3) is 4.11. The normalized spacial score (nSPS) is 20.0. The summed E-state index contributed by atoms with van der Waals surface area (Å²) >= 11 is 1.75. The van der Waals surface area contributed by atoms with E-state index >= 15 is 0 Å². The highest BCUT2D eigenvalue weighted by molar-refractivity contribution is 7.22. The molecule has 3 heterocycles. The molecule has 1 saturated heterocycles. The second kappa shape index (κ2) is 8.05. The van der Waals surface area contributed by atoms with Crippen molar-refractivity contribution < 1.29 is 4.79 Å². The summed E-state index contributed by atoms with van der Waals surface area (Å²) in [5.74, 6) is 0.517. The summed E-state index contributed by atoms with van der Waals surface area (Å²) in [6.45, 7) is 4.06. The van der Waals surface area contributed by atoms with Gasteiger partial charge in [0, 0.05) is 31.5 Å². The molecule has 0 bridgehead atoms. The number of hydrogen-bond acceptors (Lipinski definition) is 5. The van der Waals surface area contributed by atoms with Gasteiger partial charge in [-0.2, -0.15) is 0 Å². The average Bonchev–Trinajstić information content (AvgIpc) is 3.13. The Balaban J connectivity index is 1.40. The summed E-state index contributed by atoms with van der Waals surface area (Å²) in [5.41, 5.74) is 2.02. The van der Waals surface area contributed by atoms with Crippen LogP contribution in [0.4, 0.5) is 5.13 Å². The Morgan fingerprint density at radius 2 is 2.19 bits per heavy atom. The number of nitrogens with zero attached hydrogens (tertiary/aromatic N) is 3. The van der Waals surface area contributed by atoms with E-state index in [1.807, 2.05) is 18.2 Å². The third-order valence-electron chi connectivity index (χ3n) is 5.25. The summed E-state index contributed by atoms with van der Waals surface area (Å²) in [5, 5.41) is 4.35. The average molecular weight is 381 g/mol. The number of pyridine rings is 1. The summed E-state index contributed by atoms with van der Waals surface area (Å²) in [7, 11) is 0. The van der Waals surface area contributed by atoms with E-state index in [0.29, 0.717) is 12.3 Å². The van der Waals surface area contributed by atoms with E-state index in [2.05, 4.69) is 40.3 Å². The van der Waals surface area contributed by atoms with Gasteiger partial charge in [0.2, 0.25) is 5.91 Å². The molecule has 4 rings (SSSR count). The zero-order valence-corrected chi connectivity index (χ0v) is 16.3. The molecule has 2 aromatic heterocycles. The maximum atomic E-state index is 12.4. The minimum Gasteiger partial charge on any atom is -0.353 e. The number of aromatic nitrogens is 2. The van der Waals surface area contributed by atoms with Gasteiger partial charge >= 0.3 is 0 Å². The maximum absolute atomic E-state index is 12.4. The van der Waals surface area contributed by atoms with Crippen LogP contribution in [0.1, 0.15) is 25.3 Å². The molecule has 140 valence electrons. The quantitative estimate of drug-likeness (QED) is 0.734. The predicted octanol–water partition coefficient (Wildman–Crippen LogP) is 3.66. The topological polar surface area (TPSA) is 58.1 Å². The van der Waals surface area contributed by atoms with Gasteiger partial charge in [-0.3, -0.25) is 9.78 Å². The van der Waals surface area contributed by atoms with Crippen LogP contribution in [0.5, 0.6) is 0 Å². The first-order chi connectivity index (χ1) is 13.2. The molecule has 27 heavy (non-hydrogen) atoms. The van der Waals surface area contributed by atoms with Gasteiger partial charge in [-0.05, 0) is 42.5 Å². The standard InChI is InChI=1S/C21H24N4OS/c1-2-16-14-25(21-24-18-7-3-4-8-19(18)27-21)11-9-17(16)23-20(26)12-15-6-5-10-22-13-15/h3-8,10,13,16-17H,2,9,11-12,14H2,1H3,(H,23,26)/t16-,17+/m1/s1. The van der Waals surface area contributed by atoms with Gasteiger partial charge in [-0.1, -0.05) is 36.5 Å². The highest BCUT2D eigenvalue weighted by atomic mass is 32.1. The van der Waals surface area contributed by atoms with Crippen LogP contribution in [0.3, 0.4) is 0 Å². The molecule has 5 nitrogen and oxygen atoms in total. The van der Waals surface area contributed by atoms with Crippen LogP contribution in [-0.2, 0) is 11.2 Å². The first kappa shape index (κ1) is 17.9. The van der Waals surface area contributed by atoms with Crippen LogP contribution < -0.4 is 10.2 Å². The number of hydrogen-bond donors (Lipinski definition) is 1. The Labute approximate surface area is 163 Å². The van der Waals surface area contributed by atoms with Crippen molar-refractivity contribution in [3.05, 3.63) is 54.4 Å². The van der Waals surface area contributed by atoms with E-state index < -0.39 is 0 Å². The fourth-order valence-corrected chi connectivity index (χ4v) is 4.75. The molecule has 2 atom stereocenters. The van der Waals surface area contributed by atoms with E-state index in [9.17, 15) is 4.79 Å². The van der Waals surface area contributed by atoms with Crippen LogP contribution in [0.25, 0.3) is 10.2 Å². The van der Waals surface area contributed by atoms with Crippen molar-refractivity contribution in [1.29, 1.82) is 0 Å². The van der Waals surface area contributed by atoms with Gasteiger partial charge in [0.15, 0.2) is 5.13 Å². The second-order valence-electron chi connectivity index (χ2n) is 7.08. The highest BCUT2D eigenvalue weighted by Crippen LogP contribution is 2.32. The first-order valence-corrected chi connectivity index (χ1v) is 10.3. The molecule has 6 heteroatoms. The molecule has 0 radical (unpaired) electrons. The monoisotopic (exact) mass is 380 g/mol. The smallest absolute Gasteiger partial charge is 0.224 e. The molecule has 1 N–H and O–H groups in total. The summed E-state index contributed by atoms with van der Waals surface area (Å²) in [4.78, 5) is 23.7. The molecule has 1 aromatic carbocycles. The Morgan fingerprint density at radius 3 is 2.96 bits per heavy atom. The number of thiazole rings is 1. The SMILES string of the molecule is CC[C@@H]1CN(c2nc3ccccc3s2)CC[C@@H]1NC(=O)Cc1cccnc1. The van der Waals surface area contributed by atoms with Gasteiger partial charge in [-0.15, -0.1) is 0 Å². The highest BCUT2D eigenvalue weighted by Gasteiger charge is 2.30. The molecule has 1 amide bonds. The van der Waals surface area contributed by atoms with E-state index in [0.717, 1.165) is 42.1 Å². The van der Waals surface area contributed by atoms with Crippen molar-refractivity contribution in [2.45, 2.75) is 32.2 Å². The molecule has 0 spiro atoms. The molecule has 0 saturated carbocycles. The molecular formula is C21H24N4OS. The predicted molar refractivity (Wildman–Crippen MR) is 110 cm³/mol. The third-order valence-corrected chi connectivity index (χ3v) is 6.34. The second-order valence-corrected chi connectivity index (χ2v) is 8.09. The number of rotatable bonds is 5. The van der Waals surface area contributed by atoms with Crippen molar-refractivity contribution in [2.75, 3.05) is 18.0 Å². The van der Waals surface area contributed by atoms with Gasteiger partial charge in [0.05, 0.1) is 16.6 Å². The molecule has 1 fully saturated rings. The number of carbonyl (C=O) groups excluding carboxylic acids is 1. The van der Waals surface area contributed by atoms with Gasteiger partial charge in [0.1, 0.15) is 0 Å². The van der Waals surface area contributed by atoms with Crippen LogP contribution in [0.15, 0.2) is 48.8 Å². The summed E-state index contributed by atoms with van der Waals surface area (Å²) < 4.78 is 1.23. The summed E-state index contributed by atoms with van der Waals surface area (Å²) in [6.07, 6.45) is 5.87. The van der Waals surface area contributed by atoms with Crippen molar-refractivity contribution in [1.82, 2.24) is 15.3 Å². The van der Waals surface area contributed by atoms with Crippen LogP contribution in [0, 0.1) is 5.92 Å². The van der Waals surface area contributed by atoms with Crippen LogP contribution in [-0.4, -0.2) is 35.0 Å². The first-order valence-electron chi connectivity index (χ1n) is 9.51. The Morgan fingerprint density at radius 1 is 1.30 bits per heavy atom. The van der Waals surface area contributed by atoms with E-state index in [-0.39, 0.29) is 11.9 Å². The lowest BCUT2D eigenvalue weighted by molar-refractivity contribution is -0.121. The zero-order chi connectivity index (χ0) is 18.6. The molecule has 0 aliphatic carbocycles. The Bertz CT molecular complexity index is 878. The van der Waals surface area contributed by atoms with Crippen molar-refractivity contribution in [3.8, 4) is 0 Å². The van der Waals surface area contributed by atoms with E-state index in [1.54, 1.807) is 23.7 Å². The van der Waals surface area contributed by atoms with Crippen molar-refractivity contribution >= 4 is 32.6 Å². The minimum atomic E-state index is 0.0832. The Hall–Kier alpha value is -2.47. The number of carbonyl (C=O) groups is 1. The fraction of sp³-hybridized carbons (Fsp3) is 0.381. The van der Waals surface area contributed by atoms with Gasteiger partial charge < -0.3 is 10.2 Å². The van der Waals surface area contributed by atoms with Crippen LogP contribution >= 0.6 is 11.3 Å². The number of amides is 1. The minimum absolute atomic E-state index is 0.0832. The number of para-hydroxylation sites is 1. The fourth-order valence-electron chi connectivity index (χ4n) is 3.75. The van der Waals surface area contributed by atoms with Crippen molar-refractivity contribution in [2.24, 2.45) is 5.92 Å². The molecule has 0 unspecified atom stereocenters. The number of piperidine rings is 1. The number of anilines is 1. The largest absolute Gasteiger partial charge is 0.353 e. The van der Waals surface area contributed by atoms with Gasteiger partial charge in [-0.25, -0.2) is 4.98 Å². The number of nitrogens with one attached hydrogen (secondary N) is 1. The Kier molecular flexibility index (Phi) is 5.34. The maximum Gasteiger partial charge on any atom is 0.224 e. The lowest BCUT2D eigenvalue weighted by atomic mass is 9.90. The molecule has 1 aliphatic rings. The molecular weight excluding hydrogens is 356 g/mol. The van der Waals surface area contributed by atoms with Gasteiger partial charge in [0.25, 0.3) is 0 Å². The number of benzene rings is 1. The lowest BCUT2D eigenvalue weighted by Crippen LogP contribution is -2.51. The molecule has 1 aliphatic heterocycles. The summed E-state index contributed by atoms with van der Waals surface area (Å²) in [6, 6.07) is 12.3. The molecule has 3 aromatic rings.